The molecular weight excluding hydrogens is 733 g/mol. The molecule has 324 valence electrons. The lowest BCUT2D eigenvalue weighted by molar-refractivity contribution is -0.167. The maximum atomic E-state index is 12.7. The van der Waals surface area contributed by atoms with E-state index < -0.39 is 12.1 Å². The molecule has 0 spiro atoms. The van der Waals surface area contributed by atoms with Gasteiger partial charge in [0, 0.05) is 19.3 Å². The van der Waals surface area contributed by atoms with Gasteiger partial charge in [0.05, 0.1) is 0 Å². The second-order valence-corrected chi connectivity index (χ2v) is 13.8. The van der Waals surface area contributed by atoms with Crippen molar-refractivity contribution in [1.82, 2.24) is 0 Å². The Morgan fingerprint density at radius 2 is 0.627 bits per heavy atom. The Labute approximate surface area is 359 Å². The first kappa shape index (κ1) is 54.0. The Morgan fingerprint density at radius 3 is 1.02 bits per heavy atom. The highest BCUT2D eigenvalue weighted by Gasteiger charge is 2.19. The average Bonchev–Trinajstić information content (AvgIpc) is 3.23. The molecule has 59 heavy (non-hydrogen) atoms. The monoisotopic (exact) mass is 809 g/mol. The van der Waals surface area contributed by atoms with Gasteiger partial charge in [-0.2, -0.15) is 0 Å². The molecule has 6 heteroatoms. The van der Waals surface area contributed by atoms with Crippen molar-refractivity contribution in [3.8, 4) is 0 Å². The van der Waals surface area contributed by atoms with Gasteiger partial charge >= 0.3 is 17.9 Å². The van der Waals surface area contributed by atoms with Crippen molar-refractivity contribution in [2.75, 3.05) is 13.2 Å². The van der Waals surface area contributed by atoms with Crippen LogP contribution in [0, 0.1) is 0 Å². The van der Waals surface area contributed by atoms with Crippen molar-refractivity contribution in [2.45, 2.75) is 142 Å². The number of allylic oxidation sites excluding steroid dienone is 26. The van der Waals surface area contributed by atoms with E-state index in [0.29, 0.717) is 25.7 Å². The minimum absolute atomic E-state index is 0.141. The average molecular weight is 809 g/mol. The van der Waals surface area contributed by atoms with E-state index in [2.05, 4.69) is 57.2 Å². The lowest BCUT2D eigenvalue weighted by atomic mass is 10.1. The fourth-order valence-corrected chi connectivity index (χ4v) is 5.08. The fourth-order valence-electron chi connectivity index (χ4n) is 5.08. The second kappa shape index (κ2) is 45.7. The third kappa shape index (κ3) is 44.0. The molecule has 0 amide bonds. The molecule has 0 rings (SSSR count). The highest BCUT2D eigenvalue weighted by Crippen LogP contribution is 2.11. The van der Waals surface area contributed by atoms with Gasteiger partial charge in [0.25, 0.3) is 0 Å². The van der Waals surface area contributed by atoms with Crippen molar-refractivity contribution in [1.29, 1.82) is 0 Å². The van der Waals surface area contributed by atoms with E-state index in [-0.39, 0.29) is 38.0 Å². The van der Waals surface area contributed by atoms with Crippen LogP contribution in [0.1, 0.15) is 136 Å². The van der Waals surface area contributed by atoms with Gasteiger partial charge in [-0.15, -0.1) is 0 Å². The first-order valence-electron chi connectivity index (χ1n) is 22.2. The van der Waals surface area contributed by atoms with Crippen LogP contribution in [0.25, 0.3) is 0 Å². The van der Waals surface area contributed by atoms with Gasteiger partial charge in [-0.05, 0) is 70.6 Å². The number of hydrogen-bond acceptors (Lipinski definition) is 6. The highest BCUT2D eigenvalue weighted by atomic mass is 16.6. The van der Waals surface area contributed by atoms with Gasteiger partial charge in [-0.25, -0.2) is 0 Å². The van der Waals surface area contributed by atoms with E-state index in [9.17, 15) is 14.4 Å². The number of rotatable bonds is 36. The molecule has 0 aromatic carbocycles. The number of esters is 3. The normalized spacial score (nSPS) is 13.6. The van der Waals surface area contributed by atoms with E-state index in [1.54, 1.807) is 0 Å². The summed E-state index contributed by atoms with van der Waals surface area (Å²) in [6.45, 7) is 6.04. The van der Waals surface area contributed by atoms with Gasteiger partial charge in [-0.3, -0.25) is 14.4 Å². The Balaban J connectivity index is 4.66. The van der Waals surface area contributed by atoms with Crippen molar-refractivity contribution in [3.05, 3.63) is 158 Å². The summed E-state index contributed by atoms with van der Waals surface area (Å²) < 4.78 is 16.6. The van der Waals surface area contributed by atoms with Gasteiger partial charge in [0.1, 0.15) is 13.2 Å². The van der Waals surface area contributed by atoms with Crippen LogP contribution in [0.4, 0.5) is 0 Å². The molecule has 0 saturated carbocycles. The van der Waals surface area contributed by atoms with Gasteiger partial charge < -0.3 is 14.2 Å². The van der Waals surface area contributed by atoms with E-state index in [4.69, 9.17) is 14.2 Å². The Kier molecular flexibility index (Phi) is 41.9. The zero-order valence-corrected chi connectivity index (χ0v) is 36.7. The predicted molar refractivity (Wildman–Crippen MR) is 251 cm³/mol. The summed E-state index contributed by atoms with van der Waals surface area (Å²) in [5.41, 5.74) is 0. The van der Waals surface area contributed by atoms with Crippen LogP contribution in [-0.2, 0) is 28.6 Å². The molecule has 1 atom stereocenters. The smallest absolute Gasteiger partial charge is 0.306 e. The third-order valence-electron chi connectivity index (χ3n) is 8.33. The number of carbonyl (C=O) groups excluding carboxylic acids is 3. The van der Waals surface area contributed by atoms with Crippen LogP contribution in [0.3, 0.4) is 0 Å². The summed E-state index contributed by atoms with van der Waals surface area (Å²) in [5.74, 6) is -1.10. The van der Waals surface area contributed by atoms with Gasteiger partial charge in [0.15, 0.2) is 6.10 Å². The van der Waals surface area contributed by atoms with Crippen LogP contribution in [-0.4, -0.2) is 37.2 Å². The molecule has 0 heterocycles. The van der Waals surface area contributed by atoms with E-state index in [0.717, 1.165) is 77.0 Å². The Hall–Kier alpha value is -4.97. The molecule has 0 aliphatic carbocycles. The summed E-state index contributed by atoms with van der Waals surface area (Å²) in [5, 5.41) is 0. The quantitative estimate of drug-likeness (QED) is 0.0271. The highest BCUT2D eigenvalue weighted by molar-refractivity contribution is 5.71. The number of hydrogen-bond donors (Lipinski definition) is 0. The summed E-state index contributed by atoms with van der Waals surface area (Å²) in [6.07, 6.45) is 66.6. The Morgan fingerprint density at radius 1 is 0.339 bits per heavy atom. The first-order chi connectivity index (χ1) is 29.0. The van der Waals surface area contributed by atoms with Crippen molar-refractivity contribution >= 4 is 17.9 Å². The number of ether oxygens (including phenoxy) is 3. The minimum Gasteiger partial charge on any atom is -0.462 e. The summed E-state index contributed by atoms with van der Waals surface area (Å²) in [6, 6.07) is 0. The molecule has 6 nitrogen and oxygen atoms in total. The SMILES string of the molecule is CC\C=C/C=C\C=C/C=C\C=C/CCCC(=O)OC(COC(=O)CCCCC\C=C/C=C\C=C/C=C\CC)COC(=O)CCCCCCC\C=C/C=C\C=C/C=C\CC. The summed E-state index contributed by atoms with van der Waals surface area (Å²) in [7, 11) is 0. The first-order valence-corrected chi connectivity index (χ1v) is 22.2. The summed E-state index contributed by atoms with van der Waals surface area (Å²) in [4.78, 5) is 37.7. The third-order valence-corrected chi connectivity index (χ3v) is 8.33. The molecule has 0 aromatic rings. The summed E-state index contributed by atoms with van der Waals surface area (Å²) >= 11 is 0. The maximum absolute atomic E-state index is 12.7. The topological polar surface area (TPSA) is 78.9 Å². The van der Waals surface area contributed by atoms with E-state index >= 15 is 0 Å². The minimum atomic E-state index is -0.848. The van der Waals surface area contributed by atoms with Gasteiger partial charge in [-0.1, -0.05) is 204 Å². The molecule has 1 unspecified atom stereocenters. The molecule has 0 aliphatic rings. The van der Waals surface area contributed by atoms with E-state index in [1.807, 2.05) is 122 Å². The molecule has 0 bridgehead atoms. The lowest BCUT2D eigenvalue weighted by Gasteiger charge is -2.18. The number of carbonyl (C=O) groups is 3. The van der Waals surface area contributed by atoms with Crippen molar-refractivity contribution in [3.63, 3.8) is 0 Å². The van der Waals surface area contributed by atoms with Crippen LogP contribution < -0.4 is 0 Å². The number of unbranched alkanes of at least 4 members (excludes halogenated alkanes) is 9. The molecule has 0 radical (unpaired) electrons. The molecule has 0 aliphatic heterocycles. The Bertz CT molecular complexity index is 1440. The van der Waals surface area contributed by atoms with Crippen LogP contribution in [0.2, 0.25) is 0 Å². The molecule has 0 aromatic heterocycles. The zero-order chi connectivity index (χ0) is 43.0. The fraction of sp³-hybridized carbons (Fsp3) is 0.453. The molecule has 0 fully saturated rings. The van der Waals surface area contributed by atoms with Crippen molar-refractivity contribution < 1.29 is 28.6 Å². The molecule has 0 N–H and O–H groups in total. The van der Waals surface area contributed by atoms with Crippen LogP contribution in [0.5, 0.6) is 0 Å². The van der Waals surface area contributed by atoms with Crippen LogP contribution in [0.15, 0.2) is 158 Å². The van der Waals surface area contributed by atoms with E-state index in [1.165, 1.54) is 0 Å². The van der Waals surface area contributed by atoms with Crippen LogP contribution >= 0.6 is 0 Å². The van der Waals surface area contributed by atoms with Crippen molar-refractivity contribution in [2.24, 2.45) is 0 Å². The standard InChI is InChI=1S/C53H76O6/c1-4-7-10-13-16-19-22-25-26-29-31-34-37-40-43-46-52(55)58-49-50(59-53(56)47-44-41-38-35-32-28-24-21-18-15-12-9-6-3)48-57-51(54)45-42-39-36-33-30-27-23-20-17-14-11-8-5-2/h7-28,30,32,35,38,50H,4-6,29,31,33-34,36-37,39-49H2,1-3H3/b10-7-,11-8-,12-9-,16-13-,17-14-,18-15-,22-19-,23-20-,24-21-,26-25-,30-27-,32-28-,38-35-. The largest absolute Gasteiger partial charge is 0.462 e. The second-order valence-electron chi connectivity index (χ2n) is 13.8. The zero-order valence-electron chi connectivity index (χ0n) is 36.7. The molecule has 0 saturated heterocycles. The maximum Gasteiger partial charge on any atom is 0.306 e. The predicted octanol–water partition coefficient (Wildman–Crippen LogP) is 14.3. The molecular formula is C53H76O6. The lowest BCUT2D eigenvalue weighted by Crippen LogP contribution is -2.30. The van der Waals surface area contributed by atoms with Gasteiger partial charge in [0.2, 0.25) is 0 Å².